The molecular formula is C20H24ClNO3S2. The summed E-state index contributed by atoms with van der Waals surface area (Å²) < 4.78 is 0.604. The van der Waals surface area contributed by atoms with Gasteiger partial charge in [-0.25, -0.2) is 0 Å². The van der Waals surface area contributed by atoms with Crippen molar-refractivity contribution in [2.45, 2.75) is 51.4 Å². The molecule has 1 aromatic rings. The fraction of sp³-hybridized carbons (Fsp3) is 0.450. The Morgan fingerprint density at radius 1 is 1.11 bits per heavy atom. The molecule has 1 fully saturated rings. The number of aliphatic carboxylic acids is 1. The van der Waals surface area contributed by atoms with E-state index in [0.717, 1.165) is 50.5 Å². The van der Waals surface area contributed by atoms with Crippen LogP contribution in [0.1, 0.15) is 56.9 Å². The molecule has 0 spiro atoms. The summed E-state index contributed by atoms with van der Waals surface area (Å²) in [6.45, 7) is 0.642. The van der Waals surface area contributed by atoms with Crippen LogP contribution in [-0.4, -0.2) is 32.7 Å². The van der Waals surface area contributed by atoms with E-state index < -0.39 is 5.97 Å². The Bertz CT molecular complexity index is 721. The van der Waals surface area contributed by atoms with Gasteiger partial charge in [0.15, 0.2) is 0 Å². The summed E-state index contributed by atoms with van der Waals surface area (Å²) in [4.78, 5) is 25.3. The predicted octanol–water partition coefficient (Wildman–Crippen LogP) is 5.75. The molecule has 146 valence electrons. The lowest BCUT2D eigenvalue weighted by molar-refractivity contribution is -0.137. The van der Waals surface area contributed by atoms with Crippen LogP contribution in [0.5, 0.6) is 0 Å². The second-order valence-corrected chi connectivity index (χ2v) is 8.56. The molecule has 0 radical (unpaired) electrons. The van der Waals surface area contributed by atoms with Crippen molar-refractivity contribution in [2.24, 2.45) is 0 Å². The minimum atomic E-state index is -0.720. The van der Waals surface area contributed by atoms with E-state index in [1.165, 1.54) is 11.8 Å². The van der Waals surface area contributed by atoms with Gasteiger partial charge in [-0.05, 0) is 30.5 Å². The Hall–Kier alpha value is -1.37. The molecule has 0 unspecified atom stereocenters. The largest absolute Gasteiger partial charge is 0.481 e. The molecule has 1 N–H and O–H groups in total. The molecule has 0 bridgehead atoms. The molecule has 27 heavy (non-hydrogen) atoms. The lowest BCUT2D eigenvalue weighted by atomic mass is 10.1. The number of nitrogens with zero attached hydrogens (tertiary/aromatic N) is 1. The first kappa shape index (κ1) is 21.9. The lowest BCUT2D eigenvalue weighted by Gasteiger charge is -2.14. The molecule has 0 aromatic heterocycles. The maximum absolute atomic E-state index is 12.6. The van der Waals surface area contributed by atoms with Crippen molar-refractivity contribution in [3.63, 3.8) is 0 Å². The van der Waals surface area contributed by atoms with Crippen molar-refractivity contribution in [3.8, 4) is 0 Å². The molecule has 4 nitrogen and oxygen atoms in total. The third-order valence-corrected chi connectivity index (χ3v) is 6.06. The first-order valence-corrected chi connectivity index (χ1v) is 10.8. The highest BCUT2D eigenvalue weighted by Gasteiger charge is 2.31. The standard InChI is InChI=1S/C20H24ClNO3S2/c21-16-11-8-7-10-15(16)14-17-19(25)22(20(26)27-17)13-9-5-3-1-2-4-6-12-18(23)24/h7-8,10-11,14H,1-6,9,12-13H2,(H,23,24)/b17-14-. The van der Waals surface area contributed by atoms with E-state index in [-0.39, 0.29) is 12.3 Å². The summed E-state index contributed by atoms with van der Waals surface area (Å²) in [5, 5.41) is 9.21. The Morgan fingerprint density at radius 2 is 1.74 bits per heavy atom. The number of hydrogen-bond donors (Lipinski definition) is 1. The summed E-state index contributed by atoms with van der Waals surface area (Å²) in [5.41, 5.74) is 0.822. The van der Waals surface area contributed by atoms with E-state index in [1.807, 2.05) is 18.2 Å². The zero-order valence-electron chi connectivity index (χ0n) is 15.2. The number of carbonyl (C=O) groups is 2. The normalized spacial score (nSPS) is 15.7. The summed E-state index contributed by atoms with van der Waals surface area (Å²) >= 11 is 12.8. The average molecular weight is 426 g/mol. The van der Waals surface area contributed by atoms with Gasteiger partial charge < -0.3 is 5.11 Å². The molecule has 1 heterocycles. The highest BCUT2D eigenvalue weighted by molar-refractivity contribution is 8.26. The van der Waals surface area contributed by atoms with Crippen molar-refractivity contribution >= 4 is 57.9 Å². The maximum Gasteiger partial charge on any atom is 0.303 e. The lowest BCUT2D eigenvalue weighted by Crippen LogP contribution is -2.29. The van der Waals surface area contributed by atoms with Gasteiger partial charge in [0.05, 0.1) is 4.91 Å². The fourth-order valence-corrected chi connectivity index (χ4v) is 4.35. The van der Waals surface area contributed by atoms with E-state index in [9.17, 15) is 9.59 Å². The number of hydrogen-bond acceptors (Lipinski definition) is 4. The second-order valence-electron chi connectivity index (χ2n) is 6.47. The molecule has 1 aliphatic heterocycles. The Labute approximate surface area is 175 Å². The van der Waals surface area contributed by atoms with Crippen LogP contribution < -0.4 is 0 Å². The number of benzene rings is 1. The first-order valence-electron chi connectivity index (χ1n) is 9.20. The summed E-state index contributed by atoms with van der Waals surface area (Å²) in [7, 11) is 0. The third-order valence-electron chi connectivity index (χ3n) is 4.34. The van der Waals surface area contributed by atoms with Crippen LogP contribution in [0.15, 0.2) is 29.2 Å². The topological polar surface area (TPSA) is 57.6 Å². The van der Waals surface area contributed by atoms with Crippen molar-refractivity contribution in [1.82, 2.24) is 4.90 Å². The van der Waals surface area contributed by atoms with Gasteiger partial charge in [-0.15, -0.1) is 0 Å². The van der Waals surface area contributed by atoms with Crippen LogP contribution in [0, 0.1) is 0 Å². The fourth-order valence-electron chi connectivity index (χ4n) is 2.86. The van der Waals surface area contributed by atoms with Gasteiger partial charge in [0.25, 0.3) is 5.91 Å². The van der Waals surface area contributed by atoms with Crippen LogP contribution in [0.3, 0.4) is 0 Å². The number of halogens is 1. The average Bonchev–Trinajstić information content (AvgIpc) is 2.89. The minimum Gasteiger partial charge on any atom is -0.481 e. The molecule has 0 aliphatic carbocycles. The summed E-state index contributed by atoms with van der Waals surface area (Å²) in [6, 6.07) is 7.43. The molecule has 1 aromatic carbocycles. The zero-order chi connectivity index (χ0) is 19.6. The van der Waals surface area contributed by atoms with Crippen molar-refractivity contribution < 1.29 is 14.7 Å². The first-order chi connectivity index (χ1) is 13.0. The number of carboxylic acid groups (broad SMARTS) is 1. The summed E-state index contributed by atoms with van der Waals surface area (Å²) in [5.74, 6) is -0.763. The van der Waals surface area contributed by atoms with Gasteiger partial charge in [0, 0.05) is 18.0 Å². The number of carboxylic acids is 1. The van der Waals surface area contributed by atoms with Crippen LogP contribution in [0.2, 0.25) is 5.02 Å². The van der Waals surface area contributed by atoms with Gasteiger partial charge in [0.2, 0.25) is 0 Å². The summed E-state index contributed by atoms with van der Waals surface area (Å²) in [6.07, 6.45) is 9.00. The molecule has 1 amide bonds. The van der Waals surface area contributed by atoms with Crippen LogP contribution in [-0.2, 0) is 9.59 Å². The number of thiocarbonyl (C=S) groups is 1. The number of unbranched alkanes of at least 4 members (excludes halogenated alkanes) is 6. The second kappa shape index (κ2) is 11.5. The molecule has 7 heteroatoms. The maximum atomic E-state index is 12.6. The molecule has 0 atom stereocenters. The van der Waals surface area contributed by atoms with Crippen molar-refractivity contribution in [1.29, 1.82) is 0 Å². The molecular weight excluding hydrogens is 402 g/mol. The van der Waals surface area contributed by atoms with Crippen molar-refractivity contribution in [3.05, 3.63) is 39.8 Å². The number of rotatable bonds is 11. The smallest absolute Gasteiger partial charge is 0.303 e. The van der Waals surface area contributed by atoms with Crippen LogP contribution >= 0.6 is 35.6 Å². The molecule has 1 saturated heterocycles. The Balaban J connectivity index is 1.70. The highest BCUT2D eigenvalue weighted by atomic mass is 35.5. The molecule has 0 saturated carbocycles. The van der Waals surface area contributed by atoms with Crippen LogP contribution in [0.4, 0.5) is 0 Å². The van der Waals surface area contributed by atoms with Crippen LogP contribution in [0.25, 0.3) is 6.08 Å². The molecule has 2 rings (SSSR count). The van der Waals surface area contributed by atoms with E-state index in [1.54, 1.807) is 17.0 Å². The predicted molar refractivity (Wildman–Crippen MR) is 116 cm³/mol. The van der Waals surface area contributed by atoms with E-state index in [2.05, 4.69) is 0 Å². The molecule has 1 aliphatic rings. The van der Waals surface area contributed by atoms with Crippen molar-refractivity contribution in [2.75, 3.05) is 6.54 Å². The van der Waals surface area contributed by atoms with Gasteiger partial charge in [0.1, 0.15) is 4.32 Å². The zero-order valence-corrected chi connectivity index (χ0v) is 17.5. The van der Waals surface area contributed by atoms with Gasteiger partial charge in [-0.2, -0.15) is 0 Å². The van der Waals surface area contributed by atoms with Gasteiger partial charge in [-0.3, -0.25) is 14.5 Å². The minimum absolute atomic E-state index is 0.0430. The van der Waals surface area contributed by atoms with E-state index in [0.29, 0.717) is 20.8 Å². The van der Waals surface area contributed by atoms with E-state index in [4.69, 9.17) is 28.9 Å². The number of carbonyl (C=O) groups excluding carboxylic acids is 1. The quantitative estimate of drug-likeness (QED) is 0.278. The Kier molecular flexibility index (Phi) is 9.31. The number of amides is 1. The Morgan fingerprint density at radius 3 is 2.41 bits per heavy atom. The number of thioether (sulfide) groups is 1. The highest BCUT2D eigenvalue weighted by Crippen LogP contribution is 2.33. The van der Waals surface area contributed by atoms with E-state index >= 15 is 0 Å². The van der Waals surface area contributed by atoms with Gasteiger partial charge >= 0.3 is 5.97 Å². The monoisotopic (exact) mass is 425 g/mol. The third kappa shape index (κ3) is 7.28. The van der Waals surface area contributed by atoms with Gasteiger partial charge in [-0.1, -0.05) is 85.9 Å². The SMILES string of the molecule is O=C(O)CCCCCCCCCN1C(=O)/C(=C/c2ccccc2Cl)SC1=S.